The van der Waals surface area contributed by atoms with E-state index in [0.717, 1.165) is 5.56 Å². The summed E-state index contributed by atoms with van der Waals surface area (Å²) in [7, 11) is 0. The molecule has 0 saturated heterocycles. The quantitative estimate of drug-likeness (QED) is 0.644. The Morgan fingerprint density at radius 1 is 1.22 bits per heavy atom. The van der Waals surface area contributed by atoms with Crippen LogP contribution in [0.1, 0.15) is 16.2 Å². The van der Waals surface area contributed by atoms with E-state index in [9.17, 15) is 9.18 Å². The second-order valence-corrected chi connectivity index (χ2v) is 5.49. The van der Waals surface area contributed by atoms with Crippen LogP contribution >= 0.6 is 15.9 Å². The van der Waals surface area contributed by atoms with Gasteiger partial charge in [0.25, 0.3) is 5.89 Å². The fourth-order valence-electron chi connectivity index (χ4n) is 1.88. The first kappa shape index (κ1) is 15.4. The van der Waals surface area contributed by atoms with E-state index in [-0.39, 0.29) is 18.1 Å². The molecule has 3 aromatic rings. The number of nitrogens with zero attached hydrogens (tertiary/aromatic N) is 2. The average Bonchev–Trinajstić information content (AvgIpc) is 3.02. The van der Waals surface area contributed by atoms with E-state index in [1.807, 2.05) is 30.3 Å². The summed E-state index contributed by atoms with van der Waals surface area (Å²) < 4.78 is 24.2. The minimum atomic E-state index is -0.797. The largest absolute Gasteiger partial charge is 0.452 e. The molecule has 23 heavy (non-hydrogen) atoms. The minimum Gasteiger partial charge on any atom is -0.452 e. The highest BCUT2D eigenvalue weighted by Crippen LogP contribution is 2.18. The van der Waals surface area contributed by atoms with Gasteiger partial charge in [-0.3, -0.25) is 0 Å². The highest BCUT2D eigenvalue weighted by Gasteiger charge is 2.15. The number of carbonyl (C=O) groups excluding carboxylic acids is 1. The van der Waals surface area contributed by atoms with Crippen LogP contribution in [0.2, 0.25) is 0 Å². The molecule has 7 heteroatoms. The van der Waals surface area contributed by atoms with Gasteiger partial charge in [0.05, 0.1) is 5.56 Å². The van der Waals surface area contributed by atoms with E-state index in [0.29, 0.717) is 10.3 Å². The molecule has 0 radical (unpaired) electrons. The van der Waals surface area contributed by atoms with Gasteiger partial charge in [-0.15, -0.1) is 0 Å². The van der Waals surface area contributed by atoms with E-state index in [1.54, 1.807) is 6.07 Å². The molecule has 116 valence electrons. The van der Waals surface area contributed by atoms with Gasteiger partial charge in [0.2, 0.25) is 5.82 Å². The van der Waals surface area contributed by atoms with Gasteiger partial charge in [0, 0.05) is 10.0 Å². The highest BCUT2D eigenvalue weighted by molar-refractivity contribution is 9.10. The van der Waals surface area contributed by atoms with Crippen molar-refractivity contribution in [1.29, 1.82) is 0 Å². The smallest absolute Gasteiger partial charge is 0.341 e. The minimum absolute atomic E-state index is 0.134. The van der Waals surface area contributed by atoms with E-state index in [4.69, 9.17) is 9.26 Å². The molecule has 5 nitrogen and oxygen atoms in total. The van der Waals surface area contributed by atoms with Crippen molar-refractivity contribution < 1.29 is 18.4 Å². The molecule has 0 aliphatic rings. The Balaban J connectivity index is 1.67. The number of hydrogen-bond donors (Lipinski definition) is 0. The monoisotopic (exact) mass is 376 g/mol. The molecule has 2 aromatic carbocycles. The zero-order valence-electron chi connectivity index (χ0n) is 11.7. The zero-order valence-corrected chi connectivity index (χ0v) is 13.3. The van der Waals surface area contributed by atoms with Crippen LogP contribution in [0.5, 0.6) is 0 Å². The van der Waals surface area contributed by atoms with Crippen molar-refractivity contribution in [1.82, 2.24) is 10.1 Å². The maximum Gasteiger partial charge on any atom is 0.341 e. The van der Waals surface area contributed by atoms with Gasteiger partial charge in [-0.1, -0.05) is 51.4 Å². The summed E-state index contributed by atoms with van der Waals surface area (Å²) in [5.74, 6) is -0.935. The van der Waals surface area contributed by atoms with Crippen LogP contribution in [0.3, 0.4) is 0 Å². The lowest BCUT2D eigenvalue weighted by Gasteiger charge is -2.03. The second-order valence-electron chi connectivity index (χ2n) is 4.58. The maximum absolute atomic E-state index is 13.7. The summed E-state index contributed by atoms with van der Waals surface area (Å²) in [5, 5.41) is 3.81. The molecule has 0 amide bonds. The van der Waals surface area contributed by atoms with Crippen LogP contribution in [-0.4, -0.2) is 16.1 Å². The van der Waals surface area contributed by atoms with Crippen molar-refractivity contribution in [3.8, 4) is 11.4 Å². The lowest BCUT2D eigenvalue weighted by Crippen LogP contribution is -2.07. The number of aromatic nitrogens is 2. The summed E-state index contributed by atoms with van der Waals surface area (Å²) in [6.07, 6.45) is 0. The first-order valence-corrected chi connectivity index (χ1v) is 7.43. The Bertz CT molecular complexity index is 836. The SMILES string of the molecule is O=C(OCc1nc(-c2ccccc2)no1)c1ccc(Br)cc1F. The standard InChI is InChI=1S/C16H10BrFN2O3/c17-11-6-7-12(13(18)8-11)16(21)22-9-14-19-15(20-23-14)10-4-2-1-3-5-10/h1-8H,9H2. The molecule has 0 unspecified atom stereocenters. The Labute approximate surface area is 139 Å². The Kier molecular flexibility index (Phi) is 4.47. The summed E-state index contributed by atoms with van der Waals surface area (Å²) in [6.45, 7) is -0.228. The Morgan fingerprint density at radius 2 is 2.00 bits per heavy atom. The van der Waals surface area contributed by atoms with E-state index >= 15 is 0 Å². The molecular formula is C16H10BrFN2O3. The van der Waals surface area contributed by atoms with Gasteiger partial charge in [-0.05, 0) is 18.2 Å². The van der Waals surface area contributed by atoms with Crippen molar-refractivity contribution in [3.05, 3.63) is 70.3 Å². The summed E-state index contributed by atoms with van der Waals surface area (Å²) in [6, 6.07) is 13.3. The summed E-state index contributed by atoms with van der Waals surface area (Å²) in [4.78, 5) is 16.0. The molecule has 0 aliphatic carbocycles. The predicted octanol–water partition coefficient (Wildman–Crippen LogP) is 4.00. The molecule has 1 aromatic heterocycles. The first-order valence-electron chi connectivity index (χ1n) is 6.63. The molecule has 1 heterocycles. The van der Waals surface area contributed by atoms with Crippen LogP contribution in [0, 0.1) is 5.82 Å². The molecule has 0 fully saturated rings. The van der Waals surface area contributed by atoms with Crippen molar-refractivity contribution in [2.75, 3.05) is 0 Å². The van der Waals surface area contributed by atoms with Crippen molar-refractivity contribution in [2.45, 2.75) is 6.61 Å². The van der Waals surface area contributed by atoms with Gasteiger partial charge in [-0.2, -0.15) is 4.98 Å². The van der Waals surface area contributed by atoms with Crippen molar-refractivity contribution in [3.63, 3.8) is 0 Å². The molecular weight excluding hydrogens is 367 g/mol. The number of benzene rings is 2. The lowest BCUT2D eigenvalue weighted by molar-refractivity contribution is 0.0424. The fraction of sp³-hybridized carbons (Fsp3) is 0.0625. The topological polar surface area (TPSA) is 65.2 Å². The molecule has 0 aliphatic heterocycles. The number of halogens is 2. The summed E-state index contributed by atoms with van der Waals surface area (Å²) in [5.41, 5.74) is 0.628. The van der Waals surface area contributed by atoms with E-state index in [2.05, 4.69) is 26.1 Å². The van der Waals surface area contributed by atoms with Crippen molar-refractivity contribution >= 4 is 21.9 Å². The number of esters is 1. The predicted molar refractivity (Wildman–Crippen MR) is 83.0 cm³/mol. The van der Waals surface area contributed by atoms with Gasteiger partial charge in [0.15, 0.2) is 6.61 Å². The van der Waals surface area contributed by atoms with Crippen LogP contribution in [0.15, 0.2) is 57.5 Å². The molecule has 0 spiro atoms. The molecule has 0 N–H and O–H groups in total. The van der Waals surface area contributed by atoms with Crippen LogP contribution < -0.4 is 0 Å². The first-order chi connectivity index (χ1) is 11.1. The normalized spacial score (nSPS) is 10.5. The fourth-order valence-corrected chi connectivity index (χ4v) is 2.21. The van der Waals surface area contributed by atoms with E-state index in [1.165, 1.54) is 12.1 Å². The van der Waals surface area contributed by atoms with Gasteiger partial charge < -0.3 is 9.26 Å². The van der Waals surface area contributed by atoms with Crippen molar-refractivity contribution in [2.24, 2.45) is 0 Å². The highest BCUT2D eigenvalue weighted by atomic mass is 79.9. The number of rotatable bonds is 4. The Hall–Kier alpha value is -2.54. The van der Waals surface area contributed by atoms with Gasteiger partial charge >= 0.3 is 5.97 Å². The second kappa shape index (κ2) is 6.70. The van der Waals surface area contributed by atoms with Crippen LogP contribution in [0.4, 0.5) is 4.39 Å². The molecule has 0 bridgehead atoms. The third-order valence-electron chi connectivity index (χ3n) is 2.98. The third kappa shape index (κ3) is 3.62. The van der Waals surface area contributed by atoms with E-state index < -0.39 is 11.8 Å². The summed E-state index contributed by atoms with van der Waals surface area (Å²) >= 11 is 3.12. The molecule has 3 rings (SSSR count). The van der Waals surface area contributed by atoms with Crippen LogP contribution in [-0.2, 0) is 11.3 Å². The number of ether oxygens (including phenoxy) is 1. The molecule has 0 saturated carbocycles. The average molecular weight is 377 g/mol. The van der Waals surface area contributed by atoms with Gasteiger partial charge in [-0.25, -0.2) is 9.18 Å². The third-order valence-corrected chi connectivity index (χ3v) is 3.47. The maximum atomic E-state index is 13.7. The van der Waals surface area contributed by atoms with Gasteiger partial charge in [0.1, 0.15) is 5.82 Å². The van der Waals surface area contributed by atoms with Crippen LogP contribution in [0.25, 0.3) is 11.4 Å². The number of hydrogen-bond acceptors (Lipinski definition) is 5. The number of carbonyl (C=O) groups is 1. The molecule has 0 atom stereocenters. The zero-order chi connectivity index (χ0) is 16.2. The Morgan fingerprint density at radius 3 is 2.74 bits per heavy atom. The lowest BCUT2D eigenvalue weighted by atomic mass is 10.2.